The first-order valence-corrected chi connectivity index (χ1v) is 8.15. The van der Waals surface area contributed by atoms with Crippen LogP contribution in [-0.2, 0) is 4.79 Å². The summed E-state index contributed by atoms with van der Waals surface area (Å²) in [6.07, 6.45) is 1.62. The standard InChI is InChI=1S/C20H15N3O3/c1-12-5-4-8-15-16(9-10-21-18(12)15)22-17(24)11-23-19(25)13-6-2-3-7-14(13)20(23)26/h2-10H,11H2,1H3,(H,21,22,24). The number of rotatable bonds is 3. The highest BCUT2D eigenvalue weighted by molar-refractivity contribution is 6.22. The zero-order valence-corrected chi connectivity index (χ0v) is 14.0. The van der Waals surface area contributed by atoms with E-state index in [0.717, 1.165) is 21.4 Å². The summed E-state index contributed by atoms with van der Waals surface area (Å²) >= 11 is 0. The van der Waals surface area contributed by atoms with Crippen molar-refractivity contribution in [3.63, 3.8) is 0 Å². The van der Waals surface area contributed by atoms with Crippen LogP contribution in [0.2, 0.25) is 0 Å². The van der Waals surface area contributed by atoms with Crippen LogP contribution < -0.4 is 5.32 Å². The molecule has 0 fully saturated rings. The first-order chi connectivity index (χ1) is 12.6. The van der Waals surface area contributed by atoms with Gasteiger partial charge >= 0.3 is 0 Å². The Bertz CT molecular complexity index is 1040. The minimum absolute atomic E-state index is 0.329. The number of fused-ring (bicyclic) bond motifs is 2. The highest BCUT2D eigenvalue weighted by atomic mass is 16.2. The summed E-state index contributed by atoms with van der Waals surface area (Å²) in [5.41, 5.74) is 3.05. The Labute approximate surface area is 149 Å². The van der Waals surface area contributed by atoms with Crippen molar-refractivity contribution in [2.75, 3.05) is 11.9 Å². The van der Waals surface area contributed by atoms with E-state index in [-0.39, 0.29) is 6.54 Å². The Morgan fingerprint density at radius 1 is 1.00 bits per heavy atom. The maximum atomic E-state index is 12.5. The summed E-state index contributed by atoms with van der Waals surface area (Å²) in [5, 5.41) is 3.59. The van der Waals surface area contributed by atoms with E-state index in [4.69, 9.17) is 0 Å². The molecule has 1 aliphatic heterocycles. The maximum absolute atomic E-state index is 12.5. The number of imide groups is 1. The Hall–Kier alpha value is -3.54. The van der Waals surface area contributed by atoms with Gasteiger partial charge in [0.2, 0.25) is 5.91 Å². The Kier molecular flexibility index (Phi) is 3.73. The van der Waals surface area contributed by atoms with Crippen molar-refractivity contribution in [3.8, 4) is 0 Å². The van der Waals surface area contributed by atoms with Crippen molar-refractivity contribution in [1.29, 1.82) is 0 Å². The molecule has 0 spiro atoms. The zero-order chi connectivity index (χ0) is 18.3. The molecule has 0 saturated carbocycles. The van der Waals surface area contributed by atoms with E-state index in [2.05, 4.69) is 10.3 Å². The van der Waals surface area contributed by atoms with Gasteiger partial charge in [0.15, 0.2) is 0 Å². The first-order valence-electron chi connectivity index (χ1n) is 8.15. The molecule has 2 heterocycles. The largest absolute Gasteiger partial charge is 0.324 e. The number of benzene rings is 2. The lowest BCUT2D eigenvalue weighted by atomic mass is 10.1. The topological polar surface area (TPSA) is 79.4 Å². The molecule has 6 heteroatoms. The highest BCUT2D eigenvalue weighted by Gasteiger charge is 2.36. The smallest absolute Gasteiger partial charge is 0.262 e. The van der Waals surface area contributed by atoms with Gasteiger partial charge in [0.1, 0.15) is 6.54 Å². The Balaban J connectivity index is 1.57. The molecule has 0 bridgehead atoms. The van der Waals surface area contributed by atoms with Crippen LogP contribution in [-0.4, -0.2) is 34.2 Å². The number of para-hydroxylation sites is 1. The number of anilines is 1. The fraction of sp³-hybridized carbons (Fsp3) is 0.100. The molecule has 0 saturated heterocycles. The van der Waals surface area contributed by atoms with Gasteiger partial charge in [-0.2, -0.15) is 0 Å². The normalized spacial score (nSPS) is 13.2. The summed E-state index contributed by atoms with van der Waals surface area (Å²) in [4.78, 5) is 42.5. The van der Waals surface area contributed by atoms with Gasteiger partial charge in [-0.25, -0.2) is 0 Å². The fourth-order valence-corrected chi connectivity index (χ4v) is 3.15. The zero-order valence-electron chi connectivity index (χ0n) is 14.0. The van der Waals surface area contributed by atoms with Crippen molar-refractivity contribution in [2.24, 2.45) is 0 Å². The van der Waals surface area contributed by atoms with Crippen molar-refractivity contribution in [2.45, 2.75) is 6.92 Å². The molecule has 2 aromatic carbocycles. The van der Waals surface area contributed by atoms with E-state index in [1.807, 2.05) is 25.1 Å². The van der Waals surface area contributed by atoms with Crippen LogP contribution >= 0.6 is 0 Å². The molecule has 26 heavy (non-hydrogen) atoms. The van der Waals surface area contributed by atoms with Crippen LogP contribution in [0.15, 0.2) is 54.7 Å². The van der Waals surface area contributed by atoms with Crippen LogP contribution in [0.3, 0.4) is 0 Å². The second-order valence-corrected chi connectivity index (χ2v) is 6.12. The van der Waals surface area contributed by atoms with Crippen molar-refractivity contribution >= 4 is 34.3 Å². The predicted octanol–water partition coefficient (Wildman–Crippen LogP) is 2.78. The summed E-state index contributed by atoms with van der Waals surface area (Å²) in [7, 11) is 0. The SMILES string of the molecule is Cc1cccc2c(NC(=O)CN3C(=O)c4ccccc4C3=O)ccnc12. The molecule has 3 aromatic rings. The van der Waals surface area contributed by atoms with Crippen molar-refractivity contribution in [1.82, 2.24) is 9.88 Å². The second kappa shape index (κ2) is 6.07. The molecule has 1 aromatic heterocycles. The molecule has 0 unspecified atom stereocenters. The molecule has 4 rings (SSSR count). The number of nitrogens with zero attached hydrogens (tertiary/aromatic N) is 2. The van der Waals surface area contributed by atoms with E-state index in [9.17, 15) is 14.4 Å². The van der Waals surface area contributed by atoms with E-state index < -0.39 is 17.7 Å². The van der Waals surface area contributed by atoms with Crippen LogP contribution in [0.4, 0.5) is 5.69 Å². The van der Waals surface area contributed by atoms with E-state index in [0.29, 0.717) is 16.8 Å². The van der Waals surface area contributed by atoms with Crippen LogP contribution in [0.1, 0.15) is 26.3 Å². The lowest BCUT2D eigenvalue weighted by molar-refractivity contribution is -0.116. The van der Waals surface area contributed by atoms with Crippen molar-refractivity contribution in [3.05, 3.63) is 71.4 Å². The molecule has 0 radical (unpaired) electrons. The number of carbonyl (C=O) groups excluding carboxylic acids is 3. The average molecular weight is 345 g/mol. The van der Waals surface area contributed by atoms with Crippen LogP contribution in [0, 0.1) is 6.92 Å². The third kappa shape index (κ3) is 2.52. The minimum Gasteiger partial charge on any atom is -0.324 e. The second-order valence-electron chi connectivity index (χ2n) is 6.12. The molecule has 6 nitrogen and oxygen atoms in total. The number of hydrogen-bond donors (Lipinski definition) is 1. The van der Waals surface area contributed by atoms with Crippen LogP contribution in [0.5, 0.6) is 0 Å². The lowest BCUT2D eigenvalue weighted by Crippen LogP contribution is -2.37. The van der Waals surface area contributed by atoms with Crippen molar-refractivity contribution < 1.29 is 14.4 Å². The number of amides is 3. The summed E-state index contributed by atoms with van der Waals surface area (Å²) in [6.45, 7) is 1.61. The highest BCUT2D eigenvalue weighted by Crippen LogP contribution is 2.25. The summed E-state index contributed by atoms with van der Waals surface area (Å²) in [6, 6.07) is 14.0. The Morgan fingerprint density at radius 3 is 2.38 bits per heavy atom. The van der Waals surface area contributed by atoms with E-state index >= 15 is 0 Å². The number of aromatic nitrogens is 1. The number of aryl methyl sites for hydroxylation is 1. The van der Waals surface area contributed by atoms with E-state index in [1.165, 1.54) is 0 Å². The molecule has 0 aliphatic carbocycles. The van der Waals surface area contributed by atoms with E-state index in [1.54, 1.807) is 36.5 Å². The van der Waals surface area contributed by atoms with Gasteiger partial charge in [-0.1, -0.05) is 30.3 Å². The first kappa shape index (κ1) is 16.0. The molecule has 128 valence electrons. The summed E-state index contributed by atoms with van der Waals surface area (Å²) < 4.78 is 0. The monoisotopic (exact) mass is 345 g/mol. The van der Waals surface area contributed by atoms with Crippen LogP contribution in [0.25, 0.3) is 10.9 Å². The molecule has 3 amide bonds. The van der Waals surface area contributed by atoms with Gasteiger partial charge in [-0.3, -0.25) is 24.3 Å². The van der Waals surface area contributed by atoms with Gasteiger partial charge in [0.05, 0.1) is 22.3 Å². The van der Waals surface area contributed by atoms with Gasteiger partial charge < -0.3 is 5.32 Å². The van der Waals surface area contributed by atoms with Gasteiger partial charge in [0, 0.05) is 11.6 Å². The number of hydrogen-bond acceptors (Lipinski definition) is 4. The molecular weight excluding hydrogens is 330 g/mol. The number of nitrogens with one attached hydrogen (secondary N) is 1. The quantitative estimate of drug-likeness (QED) is 0.740. The molecule has 1 aliphatic rings. The number of carbonyl (C=O) groups is 3. The maximum Gasteiger partial charge on any atom is 0.262 e. The minimum atomic E-state index is -0.448. The molecule has 0 atom stereocenters. The van der Waals surface area contributed by atoms with Gasteiger partial charge in [-0.15, -0.1) is 0 Å². The summed E-state index contributed by atoms with van der Waals surface area (Å²) in [5.74, 6) is -1.33. The third-order valence-electron chi connectivity index (χ3n) is 4.43. The molecular formula is C20H15N3O3. The Morgan fingerprint density at radius 2 is 1.69 bits per heavy atom. The third-order valence-corrected chi connectivity index (χ3v) is 4.43. The van der Waals surface area contributed by atoms with Gasteiger partial charge in [-0.05, 0) is 30.7 Å². The molecule has 1 N–H and O–H groups in total. The predicted molar refractivity (Wildman–Crippen MR) is 96.9 cm³/mol. The number of pyridine rings is 1. The lowest BCUT2D eigenvalue weighted by Gasteiger charge is -2.14. The van der Waals surface area contributed by atoms with Gasteiger partial charge in [0.25, 0.3) is 11.8 Å². The average Bonchev–Trinajstić information content (AvgIpc) is 2.88. The fourth-order valence-electron chi connectivity index (χ4n) is 3.15.